The summed E-state index contributed by atoms with van der Waals surface area (Å²) in [5.41, 5.74) is 5.63. The van der Waals surface area contributed by atoms with E-state index in [9.17, 15) is 19.2 Å². The predicted molar refractivity (Wildman–Crippen MR) is 89.6 cm³/mol. The van der Waals surface area contributed by atoms with Crippen molar-refractivity contribution in [2.45, 2.75) is 43.8 Å². The van der Waals surface area contributed by atoms with Crippen LogP contribution < -0.4 is 16.4 Å². The Morgan fingerprint density at radius 3 is 2.17 bits per heavy atom. The third kappa shape index (κ3) is 8.53. The molecule has 10 heteroatoms. The van der Waals surface area contributed by atoms with Crippen LogP contribution in [0.3, 0.4) is 0 Å². The number of carboxylic acids is 2. The molecule has 0 aliphatic heterocycles. The van der Waals surface area contributed by atoms with Gasteiger partial charge in [-0.05, 0) is 19.3 Å². The number of hydrogen-bond donors (Lipinski definition) is 6. The number of nitrogens with two attached hydrogens (primary N) is 1. The fourth-order valence-electron chi connectivity index (χ4n) is 1.74. The molecule has 0 aromatic heterocycles. The third-order valence-electron chi connectivity index (χ3n) is 3.08. The number of carbonyl (C=O) groups excluding carboxylic acids is 2. The molecule has 0 spiro atoms. The number of aliphatic carboxylic acids is 2. The predicted octanol–water partition coefficient (Wildman–Crippen LogP) is -0.871. The highest BCUT2D eigenvalue weighted by Gasteiger charge is 2.26. The van der Waals surface area contributed by atoms with Crippen molar-refractivity contribution in [3.05, 3.63) is 12.7 Å². The maximum absolute atomic E-state index is 12.0. The van der Waals surface area contributed by atoms with E-state index in [1.54, 1.807) is 0 Å². The second-order valence-electron chi connectivity index (χ2n) is 5.06. The molecule has 136 valence electrons. The first-order valence-electron chi connectivity index (χ1n) is 7.25. The van der Waals surface area contributed by atoms with E-state index in [1.807, 2.05) is 0 Å². The van der Waals surface area contributed by atoms with Crippen molar-refractivity contribution in [1.82, 2.24) is 10.6 Å². The largest absolute Gasteiger partial charge is 0.481 e. The third-order valence-corrected chi connectivity index (χ3v) is 3.44. The SMILES string of the molecule is C=CC[C@@H](NC(=O)[C@H](CS)NC(=O)[C@@H](N)CCCC(=O)O)C(=O)O. The highest BCUT2D eigenvalue weighted by Crippen LogP contribution is 2.01. The number of amides is 2. The van der Waals surface area contributed by atoms with Crippen molar-refractivity contribution < 1.29 is 29.4 Å². The zero-order valence-electron chi connectivity index (χ0n) is 13.1. The minimum absolute atomic E-state index is 0.0308. The molecule has 0 fully saturated rings. The minimum atomic E-state index is -1.22. The van der Waals surface area contributed by atoms with Gasteiger partial charge in [0.2, 0.25) is 11.8 Å². The molecule has 0 heterocycles. The molecule has 2 amide bonds. The lowest BCUT2D eigenvalue weighted by Gasteiger charge is -2.21. The minimum Gasteiger partial charge on any atom is -0.481 e. The Hall–Kier alpha value is -2.07. The van der Waals surface area contributed by atoms with Gasteiger partial charge in [0.25, 0.3) is 0 Å². The van der Waals surface area contributed by atoms with E-state index in [4.69, 9.17) is 15.9 Å². The smallest absolute Gasteiger partial charge is 0.326 e. The molecular weight excluding hydrogens is 338 g/mol. The number of thiol groups is 1. The van der Waals surface area contributed by atoms with E-state index in [0.29, 0.717) is 0 Å². The number of nitrogens with one attached hydrogen (secondary N) is 2. The van der Waals surface area contributed by atoms with Gasteiger partial charge in [-0.2, -0.15) is 12.6 Å². The van der Waals surface area contributed by atoms with Crippen LogP contribution in [0.2, 0.25) is 0 Å². The Labute approximate surface area is 145 Å². The number of carboxylic acid groups (broad SMARTS) is 2. The van der Waals surface area contributed by atoms with Crippen molar-refractivity contribution in [3.8, 4) is 0 Å². The summed E-state index contributed by atoms with van der Waals surface area (Å²) in [6, 6.07) is -3.18. The van der Waals surface area contributed by atoms with Crippen molar-refractivity contribution in [2.24, 2.45) is 5.73 Å². The standard InChI is InChI=1S/C14H23N3O6S/c1-2-4-9(14(22)23)16-13(21)10(7-24)17-12(20)8(15)5-3-6-11(18)19/h2,8-10,24H,1,3-7,15H2,(H,16,21)(H,17,20)(H,18,19)(H,22,23)/t8-,9+,10-/m0/s1. The van der Waals surface area contributed by atoms with Crippen molar-refractivity contribution in [3.63, 3.8) is 0 Å². The molecule has 0 aliphatic rings. The maximum atomic E-state index is 12.0. The summed E-state index contributed by atoms with van der Waals surface area (Å²) >= 11 is 3.96. The van der Waals surface area contributed by atoms with Crippen molar-refractivity contribution in [1.29, 1.82) is 0 Å². The van der Waals surface area contributed by atoms with Gasteiger partial charge in [0.1, 0.15) is 12.1 Å². The van der Waals surface area contributed by atoms with Gasteiger partial charge >= 0.3 is 11.9 Å². The average Bonchev–Trinajstić information content (AvgIpc) is 2.50. The van der Waals surface area contributed by atoms with E-state index in [1.165, 1.54) is 6.08 Å². The summed E-state index contributed by atoms with van der Waals surface area (Å²) in [5.74, 6) is -3.61. The molecule has 0 saturated carbocycles. The quantitative estimate of drug-likeness (QED) is 0.195. The van der Waals surface area contributed by atoms with Crippen LogP contribution in [0.25, 0.3) is 0 Å². The lowest BCUT2D eigenvalue weighted by atomic mass is 10.1. The van der Waals surface area contributed by atoms with Crippen LogP contribution in [-0.2, 0) is 19.2 Å². The summed E-state index contributed by atoms with van der Waals surface area (Å²) in [6.07, 6.45) is 1.64. The molecule has 6 N–H and O–H groups in total. The van der Waals surface area contributed by atoms with Crippen LogP contribution in [0.15, 0.2) is 12.7 Å². The first-order valence-corrected chi connectivity index (χ1v) is 7.88. The lowest BCUT2D eigenvalue weighted by molar-refractivity contribution is -0.142. The summed E-state index contributed by atoms with van der Waals surface area (Å²) in [7, 11) is 0. The van der Waals surface area contributed by atoms with Gasteiger partial charge < -0.3 is 26.6 Å². The summed E-state index contributed by atoms with van der Waals surface area (Å²) in [6.45, 7) is 3.41. The second kappa shape index (κ2) is 11.5. The van der Waals surface area contributed by atoms with Crippen LogP contribution >= 0.6 is 12.6 Å². The Balaban J connectivity index is 4.58. The number of hydrogen-bond acceptors (Lipinski definition) is 6. The van der Waals surface area contributed by atoms with Crippen LogP contribution in [-0.4, -0.2) is 57.8 Å². The summed E-state index contributed by atoms with van der Waals surface area (Å²) in [4.78, 5) is 45.4. The zero-order valence-corrected chi connectivity index (χ0v) is 14.0. The van der Waals surface area contributed by atoms with E-state index in [2.05, 4.69) is 29.8 Å². The molecule has 0 rings (SSSR count). The molecule has 0 bridgehead atoms. The molecule has 0 aromatic carbocycles. The molecule has 0 unspecified atom stereocenters. The molecule has 0 aromatic rings. The highest BCUT2D eigenvalue weighted by molar-refractivity contribution is 7.80. The summed E-state index contributed by atoms with van der Waals surface area (Å²) < 4.78 is 0. The fraction of sp³-hybridized carbons (Fsp3) is 0.571. The van der Waals surface area contributed by atoms with Crippen LogP contribution in [0.4, 0.5) is 0 Å². The zero-order chi connectivity index (χ0) is 18.7. The molecule has 0 saturated heterocycles. The van der Waals surface area contributed by atoms with Gasteiger partial charge in [0.15, 0.2) is 0 Å². The van der Waals surface area contributed by atoms with E-state index < -0.39 is 41.9 Å². The molecule has 0 aliphatic carbocycles. The van der Waals surface area contributed by atoms with Crippen LogP contribution in [0.1, 0.15) is 25.7 Å². The fourth-order valence-corrected chi connectivity index (χ4v) is 1.99. The average molecular weight is 361 g/mol. The molecule has 9 nitrogen and oxygen atoms in total. The normalized spacial score (nSPS) is 14.1. The van der Waals surface area contributed by atoms with Gasteiger partial charge in [-0.15, -0.1) is 6.58 Å². The first kappa shape index (κ1) is 21.9. The van der Waals surface area contributed by atoms with E-state index in [-0.39, 0.29) is 31.4 Å². The van der Waals surface area contributed by atoms with Gasteiger partial charge in [-0.1, -0.05) is 6.08 Å². The van der Waals surface area contributed by atoms with Gasteiger partial charge in [0, 0.05) is 12.2 Å². The molecular formula is C14H23N3O6S. The number of carbonyl (C=O) groups is 4. The van der Waals surface area contributed by atoms with E-state index in [0.717, 1.165) is 0 Å². The first-order chi connectivity index (χ1) is 11.2. The van der Waals surface area contributed by atoms with E-state index >= 15 is 0 Å². The molecule has 3 atom stereocenters. The van der Waals surface area contributed by atoms with Crippen molar-refractivity contribution >= 4 is 36.4 Å². The Morgan fingerprint density at radius 1 is 1.12 bits per heavy atom. The monoisotopic (exact) mass is 361 g/mol. The molecule has 0 radical (unpaired) electrons. The maximum Gasteiger partial charge on any atom is 0.326 e. The Bertz CT molecular complexity index is 485. The summed E-state index contributed by atoms with van der Waals surface area (Å²) in [5, 5.41) is 22.2. The van der Waals surface area contributed by atoms with Gasteiger partial charge in [-0.3, -0.25) is 14.4 Å². The second-order valence-corrected chi connectivity index (χ2v) is 5.43. The van der Waals surface area contributed by atoms with Gasteiger partial charge in [0.05, 0.1) is 6.04 Å². The Kier molecular flexibility index (Phi) is 10.5. The topological polar surface area (TPSA) is 159 Å². The van der Waals surface area contributed by atoms with Crippen LogP contribution in [0.5, 0.6) is 0 Å². The van der Waals surface area contributed by atoms with Crippen LogP contribution in [0, 0.1) is 0 Å². The molecule has 24 heavy (non-hydrogen) atoms. The Morgan fingerprint density at radius 2 is 1.71 bits per heavy atom. The lowest BCUT2D eigenvalue weighted by Crippen LogP contribution is -2.55. The number of rotatable bonds is 12. The van der Waals surface area contributed by atoms with Gasteiger partial charge in [-0.25, -0.2) is 4.79 Å². The van der Waals surface area contributed by atoms with Crippen molar-refractivity contribution in [2.75, 3.05) is 5.75 Å². The highest BCUT2D eigenvalue weighted by atomic mass is 32.1.